The van der Waals surface area contributed by atoms with Crippen LogP contribution in [0.4, 0.5) is 0 Å². The lowest BCUT2D eigenvalue weighted by Gasteiger charge is -2.29. The summed E-state index contributed by atoms with van der Waals surface area (Å²) in [7, 11) is -0.317. The van der Waals surface area contributed by atoms with E-state index in [4.69, 9.17) is 12.2 Å². The molecule has 2 rings (SSSR count). The quantitative estimate of drug-likeness (QED) is 0.591. The third kappa shape index (κ3) is 7.17. The highest BCUT2D eigenvalue weighted by Crippen LogP contribution is 2.28. The van der Waals surface area contributed by atoms with Crippen molar-refractivity contribution >= 4 is 33.4 Å². The molecule has 0 radical (unpaired) electrons. The van der Waals surface area contributed by atoms with Crippen molar-refractivity contribution < 1.29 is 13.2 Å². The van der Waals surface area contributed by atoms with Gasteiger partial charge in [-0.2, -0.15) is 12.7 Å². The van der Waals surface area contributed by atoms with Crippen LogP contribution in [0.2, 0.25) is 0 Å². The molecule has 0 saturated heterocycles. The van der Waals surface area contributed by atoms with E-state index in [0.29, 0.717) is 35.6 Å². The van der Waals surface area contributed by atoms with Crippen LogP contribution in [0.15, 0.2) is 30.3 Å². The van der Waals surface area contributed by atoms with E-state index >= 15 is 0 Å². The van der Waals surface area contributed by atoms with Gasteiger partial charge in [0.1, 0.15) is 0 Å². The standard InChI is InChI=1S/C18H28N4O3S2/c1-22(2)27(24,25)20-13-15-10-8-14(9-11-15)12-19-18(26)21-17(23)16-6-4-3-5-7-16/h3-7,14-15,20H,8-13H2,1-2H3,(H2,19,21,23,26). The second kappa shape index (κ2) is 10.1. The second-order valence-electron chi connectivity index (χ2n) is 7.05. The predicted octanol–water partition coefficient (Wildman–Crippen LogP) is 1.49. The Kier molecular flexibility index (Phi) is 8.15. The zero-order valence-corrected chi connectivity index (χ0v) is 17.4. The zero-order chi connectivity index (χ0) is 19.9. The minimum Gasteiger partial charge on any atom is -0.362 e. The van der Waals surface area contributed by atoms with Gasteiger partial charge < -0.3 is 5.32 Å². The summed E-state index contributed by atoms with van der Waals surface area (Å²) in [5.41, 5.74) is 0.572. The van der Waals surface area contributed by atoms with Crippen LogP contribution in [0, 0.1) is 11.8 Å². The van der Waals surface area contributed by atoms with Crippen molar-refractivity contribution in [3.05, 3.63) is 35.9 Å². The second-order valence-corrected chi connectivity index (χ2v) is 9.43. The lowest BCUT2D eigenvalue weighted by Crippen LogP contribution is -2.42. The van der Waals surface area contributed by atoms with Gasteiger partial charge in [-0.1, -0.05) is 18.2 Å². The third-order valence-corrected chi connectivity index (χ3v) is 6.56. The van der Waals surface area contributed by atoms with E-state index in [0.717, 1.165) is 25.7 Å². The van der Waals surface area contributed by atoms with E-state index in [9.17, 15) is 13.2 Å². The largest absolute Gasteiger partial charge is 0.362 e. The molecular formula is C18H28N4O3S2. The molecule has 27 heavy (non-hydrogen) atoms. The Morgan fingerprint density at radius 3 is 2.19 bits per heavy atom. The van der Waals surface area contributed by atoms with Crippen LogP contribution in [0.5, 0.6) is 0 Å². The van der Waals surface area contributed by atoms with Gasteiger partial charge in [-0.25, -0.2) is 4.72 Å². The molecule has 1 amide bonds. The zero-order valence-electron chi connectivity index (χ0n) is 15.8. The molecule has 9 heteroatoms. The monoisotopic (exact) mass is 412 g/mol. The van der Waals surface area contributed by atoms with Crippen molar-refractivity contribution in [1.29, 1.82) is 0 Å². The van der Waals surface area contributed by atoms with Gasteiger partial charge in [0, 0.05) is 32.7 Å². The van der Waals surface area contributed by atoms with Gasteiger partial charge in [0.25, 0.3) is 16.1 Å². The van der Waals surface area contributed by atoms with Gasteiger partial charge in [-0.3, -0.25) is 10.1 Å². The van der Waals surface area contributed by atoms with Crippen LogP contribution in [0.3, 0.4) is 0 Å². The first-order valence-corrected chi connectivity index (χ1v) is 10.9. The molecule has 1 aliphatic carbocycles. The average Bonchev–Trinajstić information content (AvgIpc) is 2.66. The van der Waals surface area contributed by atoms with Crippen molar-refractivity contribution in [2.45, 2.75) is 25.7 Å². The number of rotatable bonds is 7. The number of hydrogen-bond acceptors (Lipinski definition) is 4. The molecule has 0 bridgehead atoms. The summed E-state index contributed by atoms with van der Waals surface area (Å²) in [6, 6.07) is 8.95. The summed E-state index contributed by atoms with van der Waals surface area (Å²) in [5, 5.41) is 6.15. The Morgan fingerprint density at radius 2 is 1.63 bits per heavy atom. The van der Waals surface area contributed by atoms with E-state index in [1.165, 1.54) is 18.4 Å². The van der Waals surface area contributed by atoms with Crippen LogP contribution in [-0.2, 0) is 10.2 Å². The topological polar surface area (TPSA) is 90.5 Å². The highest BCUT2D eigenvalue weighted by Gasteiger charge is 2.23. The molecule has 150 valence electrons. The first-order valence-electron chi connectivity index (χ1n) is 9.09. The molecule has 0 aromatic heterocycles. The average molecular weight is 413 g/mol. The molecule has 7 nitrogen and oxygen atoms in total. The summed E-state index contributed by atoms with van der Waals surface area (Å²) >= 11 is 5.20. The van der Waals surface area contributed by atoms with E-state index in [2.05, 4.69) is 15.4 Å². The number of thiocarbonyl (C=S) groups is 1. The molecule has 0 aliphatic heterocycles. The Hall–Kier alpha value is -1.55. The van der Waals surface area contributed by atoms with Crippen molar-refractivity contribution in [3.63, 3.8) is 0 Å². The number of amides is 1. The first-order chi connectivity index (χ1) is 12.8. The molecule has 0 atom stereocenters. The number of nitrogens with one attached hydrogen (secondary N) is 3. The smallest absolute Gasteiger partial charge is 0.278 e. The predicted molar refractivity (Wildman–Crippen MR) is 111 cm³/mol. The molecular weight excluding hydrogens is 384 g/mol. The Morgan fingerprint density at radius 1 is 1.07 bits per heavy atom. The van der Waals surface area contributed by atoms with Crippen LogP contribution >= 0.6 is 12.2 Å². The maximum atomic E-state index is 12.1. The fourth-order valence-electron chi connectivity index (χ4n) is 3.04. The molecule has 0 heterocycles. The molecule has 1 aromatic carbocycles. The summed E-state index contributed by atoms with van der Waals surface area (Å²) in [5.74, 6) is 0.615. The maximum Gasteiger partial charge on any atom is 0.278 e. The highest BCUT2D eigenvalue weighted by molar-refractivity contribution is 7.87. The molecule has 1 saturated carbocycles. The number of benzene rings is 1. The van der Waals surface area contributed by atoms with Crippen LogP contribution in [0.1, 0.15) is 36.0 Å². The fourth-order valence-corrected chi connectivity index (χ4v) is 3.92. The maximum absolute atomic E-state index is 12.1. The molecule has 0 unspecified atom stereocenters. The molecule has 3 N–H and O–H groups in total. The Bertz CT molecular complexity index is 730. The van der Waals surface area contributed by atoms with E-state index in [1.54, 1.807) is 12.1 Å². The molecule has 1 aromatic rings. The van der Waals surface area contributed by atoms with Crippen LogP contribution in [-0.4, -0.2) is 50.9 Å². The summed E-state index contributed by atoms with van der Waals surface area (Å²) in [6.07, 6.45) is 3.98. The summed E-state index contributed by atoms with van der Waals surface area (Å²) < 4.78 is 27.4. The van der Waals surface area contributed by atoms with Gasteiger partial charge in [0.05, 0.1) is 0 Å². The SMILES string of the molecule is CN(C)S(=O)(=O)NCC1CCC(CNC(=S)NC(=O)c2ccccc2)CC1. The normalized spacial score (nSPS) is 20.3. The minimum atomic E-state index is -3.35. The number of carbonyl (C=O) groups excluding carboxylic acids is 1. The molecule has 1 aliphatic rings. The van der Waals surface area contributed by atoms with Gasteiger partial charge >= 0.3 is 0 Å². The minimum absolute atomic E-state index is 0.218. The first kappa shape index (κ1) is 21.7. The van der Waals surface area contributed by atoms with Crippen molar-refractivity contribution in [2.24, 2.45) is 11.8 Å². The Balaban J connectivity index is 1.66. The highest BCUT2D eigenvalue weighted by atomic mass is 32.2. The molecule has 0 spiro atoms. The Labute approximate surface area is 167 Å². The van der Waals surface area contributed by atoms with Gasteiger partial charge in [0.2, 0.25) is 0 Å². The summed E-state index contributed by atoms with van der Waals surface area (Å²) in [6.45, 7) is 1.19. The lowest BCUT2D eigenvalue weighted by molar-refractivity contribution is 0.0976. The fraction of sp³-hybridized carbons (Fsp3) is 0.556. The summed E-state index contributed by atoms with van der Waals surface area (Å²) in [4.78, 5) is 12.1. The van der Waals surface area contributed by atoms with Gasteiger partial charge in [-0.05, 0) is 61.9 Å². The third-order valence-electron chi connectivity index (χ3n) is 4.82. The molecule has 1 fully saturated rings. The van der Waals surface area contributed by atoms with Gasteiger partial charge in [0.15, 0.2) is 5.11 Å². The number of nitrogens with zero attached hydrogens (tertiary/aromatic N) is 1. The van der Waals surface area contributed by atoms with Crippen molar-refractivity contribution in [1.82, 2.24) is 19.7 Å². The van der Waals surface area contributed by atoms with Crippen molar-refractivity contribution in [2.75, 3.05) is 27.2 Å². The van der Waals surface area contributed by atoms with Gasteiger partial charge in [-0.15, -0.1) is 0 Å². The number of hydrogen-bond donors (Lipinski definition) is 3. The van der Waals surface area contributed by atoms with E-state index in [1.807, 2.05) is 18.2 Å². The van der Waals surface area contributed by atoms with Crippen LogP contribution in [0.25, 0.3) is 0 Å². The van der Waals surface area contributed by atoms with E-state index in [-0.39, 0.29) is 5.91 Å². The van der Waals surface area contributed by atoms with E-state index < -0.39 is 10.2 Å². The number of carbonyl (C=O) groups is 1. The van der Waals surface area contributed by atoms with Crippen molar-refractivity contribution in [3.8, 4) is 0 Å². The van der Waals surface area contributed by atoms with Crippen LogP contribution < -0.4 is 15.4 Å². The lowest BCUT2D eigenvalue weighted by atomic mass is 9.82.